The van der Waals surface area contributed by atoms with Crippen LogP contribution in [-0.4, -0.2) is 28.4 Å². The van der Waals surface area contributed by atoms with Gasteiger partial charge in [-0.05, 0) is 19.1 Å². The Morgan fingerprint density at radius 2 is 2.19 bits per heavy atom. The lowest BCUT2D eigenvalue weighted by molar-refractivity contribution is -0.115. The maximum Gasteiger partial charge on any atom is 0.237 e. The molecule has 0 aliphatic heterocycles. The van der Waals surface area contributed by atoms with E-state index in [1.54, 1.807) is 38.2 Å². The molecular formula is C13H13N5OS2. The molecule has 1 heterocycles. The van der Waals surface area contributed by atoms with Gasteiger partial charge < -0.3 is 10.6 Å². The second-order valence-electron chi connectivity index (χ2n) is 4.03. The van der Waals surface area contributed by atoms with Crippen molar-refractivity contribution in [3.63, 3.8) is 0 Å². The number of amides is 1. The molecule has 6 nitrogen and oxygen atoms in total. The van der Waals surface area contributed by atoms with Crippen LogP contribution in [0.15, 0.2) is 28.6 Å². The number of nitriles is 1. The summed E-state index contributed by atoms with van der Waals surface area (Å²) in [4.78, 5) is 12.2. The van der Waals surface area contributed by atoms with Crippen molar-refractivity contribution < 1.29 is 4.79 Å². The summed E-state index contributed by atoms with van der Waals surface area (Å²) in [6.07, 6.45) is 0. The van der Waals surface area contributed by atoms with Crippen LogP contribution in [0.1, 0.15) is 12.5 Å². The third-order valence-electron chi connectivity index (χ3n) is 2.57. The van der Waals surface area contributed by atoms with Crippen LogP contribution in [0.25, 0.3) is 0 Å². The first-order valence-electron chi connectivity index (χ1n) is 6.12. The molecule has 0 aliphatic rings. The molecule has 2 rings (SSSR count). The van der Waals surface area contributed by atoms with Crippen LogP contribution in [0.4, 0.5) is 10.8 Å². The summed E-state index contributed by atoms with van der Waals surface area (Å²) in [6, 6.07) is 8.95. The van der Waals surface area contributed by atoms with E-state index in [0.29, 0.717) is 16.4 Å². The minimum Gasteiger partial charge on any atom is -0.363 e. The van der Waals surface area contributed by atoms with Crippen LogP contribution < -0.4 is 10.6 Å². The molecule has 0 unspecified atom stereocenters. The molecule has 0 saturated carbocycles. The van der Waals surface area contributed by atoms with E-state index in [2.05, 4.69) is 26.9 Å². The minimum atomic E-state index is -0.339. The van der Waals surface area contributed by atoms with Crippen molar-refractivity contribution in [2.45, 2.75) is 16.5 Å². The fourth-order valence-corrected chi connectivity index (χ4v) is 3.34. The van der Waals surface area contributed by atoms with Crippen LogP contribution in [0.5, 0.6) is 0 Å². The highest BCUT2D eigenvalue weighted by Gasteiger charge is 2.18. The van der Waals surface area contributed by atoms with Gasteiger partial charge in [0.15, 0.2) is 4.34 Å². The molecule has 1 aromatic heterocycles. The van der Waals surface area contributed by atoms with E-state index in [0.717, 1.165) is 4.34 Å². The Bertz CT molecular complexity index is 679. The highest BCUT2D eigenvalue weighted by Crippen LogP contribution is 2.29. The second kappa shape index (κ2) is 7.06. The molecule has 1 aromatic carbocycles. The van der Waals surface area contributed by atoms with Crippen molar-refractivity contribution >= 4 is 39.8 Å². The van der Waals surface area contributed by atoms with Gasteiger partial charge in [0, 0.05) is 7.05 Å². The van der Waals surface area contributed by atoms with Crippen molar-refractivity contribution in [2.75, 3.05) is 17.7 Å². The molecule has 0 radical (unpaired) electrons. The zero-order chi connectivity index (χ0) is 15.2. The van der Waals surface area contributed by atoms with Crippen molar-refractivity contribution in [3.05, 3.63) is 29.8 Å². The number of hydrogen-bond donors (Lipinski definition) is 2. The van der Waals surface area contributed by atoms with Crippen molar-refractivity contribution in [2.24, 2.45) is 0 Å². The van der Waals surface area contributed by atoms with Gasteiger partial charge in [0.25, 0.3) is 0 Å². The average molecular weight is 319 g/mol. The lowest BCUT2D eigenvalue weighted by Crippen LogP contribution is -2.22. The van der Waals surface area contributed by atoms with E-state index in [9.17, 15) is 4.79 Å². The summed E-state index contributed by atoms with van der Waals surface area (Å²) in [5.74, 6) is -0.177. The fourth-order valence-electron chi connectivity index (χ4n) is 1.49. The van der Waals surface area contributed by atoms with Gasteiger partial charge >= 0.3 is 0 Å². The maximum absolute atomic E-state index is 12.2. The lowest BCUT2D eigenvalue weighted by atomic mass is 10.2. The number of hydrogen-bond acceptors (Lipinski definition) is 7. The number of nitrogens with one attached hydrogen (secondary N) is 2. The summed E-state index contributed by atoms with van der Waals surface area (Å²) in [5.41, 5.74) is 0.960. The lowest BCUT2D eigenvalue weighted by Gasteiger charge is -2.11. The van der Waals surface area contributed by atoms with E-state index in [-0.39, 0.29) is 11.2 Å². The average Bonchev–Trinajstić information content (AvgIpc) is 2.95. The Hall–Kier alpha value is -2.11. The summed E-state index contributed by atoms with van der Waals surface area (Å²) < 4.78 is 0.718. The van der Waals surface area contributed by atoms with E-state index in [1.807, 2.05) is 0 Å². The van der Waals surface area contributed by atoms with Crippen LogP contribution in [0.2, 0.25) is 0 Å². The zero-order valence-electron chi connectivity index (χ0n) is 11.5. The van der Waals surface area contributed by atoms with Gasteiger partial charge in [-0.25, -0.2) is 0 Å². The Morgan fingerprint density at radius 1 is 1.43 bits per heavy atom. The topological polar surface area (TPSA) is 90.7 Å². The van der Waals surface area contributed by atoms with Crippen molar-refractivity contribution in [1.29, 1.82) is 5.26 Å². The van der Waals surface area contributed by atoms with E-state index in [4.69, 9.17) is 5.26 Å². The van der Waals surface area contributed by atoms with E-state index < -0.39 is 0 Å². The van der Waals surface area contributed by atoms with E-state index >= 15 is 0 Å². The number of para-hydroxylation sites is 1. The van der Waals surface area contributed by atoms with Gasteiger partial charge in [-0.3, -0.25) is 4.79 Å². The first-order chi connectivity index (χ1) is 10.1. The van der Waals surface area contributed by atoms with Gasteiger partial charge in [0.1, 0.15) is 6.07 Å². The summed E-state index contributed by atoms with van der Waals surface area (Å²) in [6.45, 7) is 1.79. The van der Waals surface area contributed by atoms with Gasteiger partial charge in [-0.1, -0.05) is 35.2 Å². The molecule has 0 spiro atoms. The monoisotopic (exact) mass is 319 g/mol. The molecule has 108 valence electrons. The minimum absolute atomic E-state index is 0.177. The Balaban J connectivity index is 2.01. The molecule has 2 aromatic rings. The smallest absolute Gasteiger partial charge is 0.237 e. The van der Waals surface area contributed by atoms with Crippen molar-refractivity contribution in [3.8, 4) is 6.07 Å². The number of carbonyl (C=O) groups is 1. The summed E-state index contributed by atoms with van der Waals surface area (Å²) in [5, 5.41) is 22.9. The molecule has 0 saturated heterocycles. The Kier molecular flexibility index (Phi) is 5.14. The van der Waals surface area contributed by atoms with Gasteiger partial charge in [0.05, 0.1) is 16.5 Å². The van der Waals surface area contributed by atoms with Crippen LogP contribution in [0.3, 0.4) is 0 Å². The highest BCUT2D eigenvalue weighted by molar-refractivity contribution is 8.02. The first kappa shape index (κ1) is 15.3. The quantitative estimate of drug-likeness (QED) is 0.823. The number of benzene rings is 1. The molecule has 0 bridgehead atoms. The summed E-state index contributed by atoms with van der Waals surface area (Å²) >= 11 is 2.72. The Labute approximate surface area is 130 Å². The SMILES string of the molecule is CNc1nnc(S[C@@H](C)C(=O)Nc2ccccc2C#N)s1. The van der Waals surface area contributed by atoms with E-state index in [1.165, 1.54) is 23.1 Å². The largest absolute Gasteiger partial charge is 0.363 e. The second-order valence-corrected chi connectivity index (χ2v) is 6.60. The fraction of sp³-hybridized carbons (Fsp3) is 0.231. The molecule has 0 fully saturated rings. The number of aromatic nitrogens is 2. The maximum atomic E-state index is 12.2. The standard InChI is InChI=1S/C13H13N5OS2/c1-8(20-13-18-17-12(15-2)21-13)11(19)16-10-6-4-3-5-9(10)7-14/h3-6,8H,1-2H3,(H,15,17)(H,16,19)/t8-/m0/s1. The van der Waals surface area contributed by atoms with Gasteiger partial charge in [-0.2, -0.15) is 5.26 Å². The molecule has 8 heteroatoms. The third kappa shape index (κ3) is 3.93. The van der Waals surface area contributed by atoms with Crippen LogP contribution in [-0.2, 0) is 4.79 Å². The van der Waals surface area contributed by atoms with Crippen LogP contribution in [0, 0.1) is 11.3 Å². The number of carbonyl (C=O) groups excluding carboxylic acids is 1. The zero-order valence-corrected chi connectivity index (χ0v) is 13.1. The number of nitrogens with zero attached hydrogens (tertiary/aromatic N) is 3. The Morgan fingerprint density at radius 3 is 2.86 bits per heavy atom. The number of rotatable bonds is 5. The number of anilines is 2. The normalized spacial score (nSPS) is 11.5. The van der Waals surface area contributed by atoms with Crippen LogP contribution >= 0.6 is 23.1 Å². The van der Waals surface area contributed by atoms with Gasteiger partial charge in [-0.15, -0.1) is 10.2 Å². The predicted molar refractivity (Wildman–Crippen MR) is 84.6 cm³/mol. The van der Waals surface area contributed by atoms with Gasteiger partial charge in [0.2, 0.25) is 11.0 Å². The summed E-state index contributed by atoms with van der Waals surface area (Å²) in [7, 11) is 1.77. The number of thioether (sulfide) groups is 1. The molecule has 0 aliphatic carbocycles. The highest BCUT2D eigenvalue weighted by atomic mass is 32.2. The molecule has 2 N–H and O–H groups in total. The molecule has 21 heavy (non-hydrogen) atoms. The van der Waals surface area contributed by atoms with Crippen molar-refractivity contribution in [1.82, 2.24) is 10.2 Å². The first-order valence-corrected chi connectivity index (χ1v) is 7.81. The molecular weight excluding hydrogens is 306 g/mol. The molecule has 1 atom stereocenters. The molecule has 1 amide bonds. The third-order valence-corrected chi connectivity index (χ3v) is 4.70. The predicted octanol–water partition coefficient (Wildman–Crippen LogP) is 2.57.